The molecule has 1 aliphatic rings. The van der Waals surface area contributed by atoms with Gasteiger partial charge in [-0.1, -0.05) is 29.9 Å². The maximum absolute atomic E-state index is 12.4. The molecular weight excluding hydrogens is 402 g/mol. The number of aromatic nitrogens is 3. The third kappa shape index (κ3) is 4.47. The number of amides is 1. The monoisotopic (exact) mass is 425 g/mol. The Morgan fingerprint density at radius 3 is 2.64 bits per heavy atom. The van der Waals surface area contributed by atoms with Gasteiger partial charge in [0.15, 0.2) is 16.1 Å². The van der Waals surface area contributed by atoms with Crippen LogP contribution in [0.1, 0.15) is 58.4 Å². The van der Waals surface area contributed by atoms with Gasteiger partial charge in [0.2, 0.25) is 0 Å². The van der Waals surface area contributed by atoms with Crippen molar-refractivity contribution in [2.75, 3.05) is 24.6 Å². The third-order valence-electron chi connectivity index (χ3n) is 4.64. The van der Waals surface area contributed by atoms with E-state index in [9.17, 15) is 9.59 Å². The zero-order chi connectivity index (χ0) is 20.3. The number of carbonyl (C=O) groups is 2. The van der Waals surface area contributed by atoms with Crippen molar-refractivity contribution in [2.45, 2.75) is 46.1 Å². The number of hydrogen-bond acceptors (Lipinski definition) is 7. The van der Waals surface area contributed by atoms with Crippen LogP contribution in [0.4, 0.5) is 5.13 Å². The minimum absolute atomic E-state index is 0.0586. The number of ether oxygens (including phenoxy) is 1. The molecule has 0 atom stereocenters. The highest BCUT2D eigenvalue weighted by Gasteiger charge is 2.26. The zero-order valence-corrected chi connectivity index (χ0v) is 17.7. The first kappa shape index (κ1) is 20.6. The van der Waals surface area contributed by atoms with Crippen LogP contribution < -0.4 is 10.2 Å². The van der Waals surface area contributed by atoms with E-state index in [1.54, 1.807) is 6.92 Å². The summed E-state index contributed by atoms with van der Waals surface area (Å²) in [5.74, 6) is -0.317. The number of piperidine rings is 1. The smallest absolute Gasteiger partial charge is 0.350 e. The Morgan fingerprint density at radius 1 is 1.32 bits per heavy atom. The van der Waals surface area contributed by atoms with Crippen LogP contribution in [0.2, 0.25) is 5.15 Å². The van der Waals surface area contributed by atoms with Crippen molar-refractivity contribution in [1.82, 2.24) is 20.3 Å². The molecule has 1 aliphatic heterocycles. The molecule has 1 saturated heterocycles. The fraction of sp³-hybridized carbons (Fsp3) is 0.556. The summed E-state index contributed by atoms with van der Waals surface area (Å²) in [6.07, 6.45) is 2.26. The van der Waals surface area contributed by atoms with Gasteiger partial charge in [0.1, 0.15) is 4.88 Å². The molecule has 0 spiro atoms. The van der Waals surface area contributed by atoms with Gasteiger partial charge in [-0.15, -0.1) is 0 Å². The lowest BCUT2D eigenvalue weighted by molar-refractivity contribution is 0.0531. The zero-order valence-electron chi connectivity index (χ0n) is 16.2. The molecule has 1 amide bonds. The van der Waals surface area contributed by atoms with Crippen molar-refractivity contribution >= 4 is 39.9 Å². The fourth-order valence-electron chi connectivity index (χ4n) is 3.10. The van der Waals surface area contributed by atoms with E-state index in [0.29, 0.717) is 28.8 Å². The lowest BCUT2D eigenvalue weighted by atomic mass is 10.1. The van der Waals surface area contributed by atoms with Gasteiger partial charge in [-0.3, -0.25) is 4.79 Å². The summed E-state index contributed by atoms with van der Waals surface area (Å²) in [5.41, 5.74) is 1.45. The summed E-state index contributed by atoms with van der Waals surface area (Å²) in [5, 5.41) is 4.18. The molecule has 2 aromatic rings. The van der Waals surface area contributed by atoms with Gasteiger partial charge in [0.25, 0.3) is 5.91 Å². The van der Waals surface area contributed by atoms with E-state index >= 15 is 0 Å². The van der Waals surface area contributed by atoms with Gasteiger partial charge in [-0.25, -0.2) is 14.8 Å². The Balaban J connectivity index is 1.56. The maximum Gasteiger partial charge on any atom is 0.350 e. The minimum atomic E-state index is -0.325. The SMILES string of the molecule is CCOC(=O)c1sc(N2CCC(NC(=O)c3nc(Cl)c(CC)[nH]3)CC2)nc1C. The van der Waals surface area contributed by atoms with Crippen molar-refractivity contribution in [3.8, 4) is 0 Å². The van der Waals surface area contributed by atoms with Crippen LogP contribution in [-0.4, -0.2) is 52.6 Å². The number of imidazole rings is 1. The summed E-state index contributed by atoms with van der Waals surface area (Å²) in [7, 11) is 0. The normalized spacial score (nSPS) is 14.9. The van der Waals surface area contributed by atoms with Gasteiger partial charge in [0.05, 0.1) is 18.0 Å². The molecule has 0 aliphatic carbocycles. The Bertz CT molecular complexity index is 858. The minimum Gasteiger partial charge on any atom is -0.462 e. The number of H-pyrrole nitrogens is 1. The molecule has 10 heteroatoms. The average molecular weight is 426 g/mol. The molecule has 28 heavy (non-hydrogen) atoms. The number of nitrogens with zero attached hydrogens (tertiary/aromatic N) is 3. The van der Waals surface area contributed by atoms with Crippen LogP contribution in [0.5, 0.6) is 0 Å². The van der Waals surface area contributed by atoms with Gasteiger partial charge >= 0.3 is 5.97 Å². The number of carbonyl (C=O) groups excluding carboxylic acids is 2. The number of esters is 1. The Kier molecular flexibility index (Phi) is 6.56. The number of thiazole rings is 1. The molecule has 3 rings (SSSR count). The van der Waals surface area contributed by atoms with Crippen molar-refractivity contribution in [3.05, 3.63) is 27.2 Å². The molecule has 8 nitrogen and oxygen atoms in total. The van der Waals surface area contributed by atoms with Crippen LogP contribution in [0, 0.1) is 6.92 Å². The summed E-state index contributed by atoms with van der Waals surface area (Å²) in [6.45, 7) is 7.40. The van der Waals surface area contributed by atoms with E-state index in [2.05, 4.69) is 25.2 Å². The highest BCUT2D eigenvalue weighted by molar-refractivity contribution is 7.17. The van der Waals surface area contributed by atoms with E-state index in [4.69, 9.17) is 16.3 Å². The van der Waals surface area contributed by atoms with Crippen LogP contribution in [0.25, 0.3) is 0 Å². The van der Waals surface area contributed by atoms with E-state index in [-0.39, 0.29) is 23.7 Å². The third-order valence-corrected chi connectivity index (χ3v) is 6.15. The maximum atomic E-state index is 12.4. The first-order chi connectivity index (χ1) is 13.4. The molecule has 0 unspecified atom stereocenters. The van der Waals surface area contributed by atoms with Crippen molar-refractivity contribution < 1.29 is 14.3 Å². The highest BCUT2D eigenvalue weighted by Crippen LogP contribution is 2.29. The van der Waals surface area contributed by atoms with Crippen LogP contribution in [-0.2, 0) is 11.2 Å². The summed E-state index contributed by atoms with van der Waals surface area (Å²) < 4.78 is 5.08. The molecule has 2 aromatic heterocycles. The first-order valence-electron chi connectivity index (χ1n) is 9.37. The number of aromatic amines is 1. The largest absolute Gasteiger partial charge is 0.462 e. The molecule has 0 bridgehead atoms. The molecule has 0 saturated carbocycles. The Hall–Kier alpha value is -2.13. The standard InChI is InChI=1S/C18H24ClN5O3S/c1-4-12-14(19)23-15(22-12)16(25)21-11-6-8-24(9-7-11)18-20-10(3)13(28-18)17(26)27-5-2/h11H,4-9H2,1-3H3,(H,21,25)(H,22,23). The van der Waals surface area contributed by atoms with Crippen molar-refractivity contribution in [3.63, 3.8) is 0 Å². The second kappa shape index (κ2) is 8.91. The summed E-state index contributed by atoms with van der Waals surface area (Å²) in [6, 6.07) is 0.0586. The molecule has 2 N–H and O–H groups in total. The molecule has 3 heterocycles. The topological polar surface area (TPSA) is 100 Å². The summed E-state index contributed by atoms with van der Waals surface area (Å²) >= 11 is 7.36. The average Bonchev–Trinajstić information content (AvgIpc) is 3.25. The van der Waals surface area contributed by atoms with Crippen molar-refractivity contribution in [2.24, 2.45) is 0 Å². The number of hydrogen-bond donors (Lipinski definition) is 2. The second-order valence-corrected chi connectivity index (χ2v) is 7.91. The number of nitrogens with one attached hydrogen (secondary N) is 2. The van der Waals surface area contributed by atoms with E-state index in [1.807, 2.05) is 13.8 Å². The van der Waals surface area contributed by atoms with E-state index < -0.39 is 0 Å². The Morgan fingerprint density at radius 2 is 2.04 bits per heavy atom. The molecule has 1 fully saturated rings. The number of aryl methyl sites for hydroxylation is 2. The molecule has 0 radical (unpaired) electrons. The van der Waals surface area contributed by atoms with Crippen LogP contribution in [0.15, 0.2) is 0 Å². The predicted octanol–water partition coefficient (Wildman–Crippen LogP) is 2.97. The number of anilines is 1. The molecule has 0 aromatic carbocycles. The lowest BCUT2D eigenvalue weighted by Crippen LogP contribution is -2.45. The van der Waals surface area contributed by atoms with Crippen LogP contribution in [0.3, 0.4) is 0 Å². The van der Waals surface area contributed by atoms with Gasteiger partial charge in [0, 0.05) is 19.1 Å². The Labute approximate surface area is 172 Å². The van der Waals surface area contributed by atoms with Gasteiger partial charge < -0.3 is 19.9 Å². The number of halogens is 1. The molecule has 152 valence electrons. The molecular formula is C18H24ClN5O3S. The van der Waals surface area contributed by atoms with E-state index in [0.717, 1.165) is 36.8 Å². The van der Waals surface area contributed by atoms with Crippen LogP contribution >= 0.6 is 22.9 Å². The first-order valence-corrected chi connectivity index (χ1v) is 10.6. The number of rotatable bonds is 6. The van der Waals surface area contributed by atoms with E-state index in [1.165, 1.54) is 11.3 Å². The van der Waals surface area contributed by atoms with Gasteiger partial charge in [-0.05, 0) is 33.1 Å². The lowest BCUT2D eigenvalue weighted by Gasteiger charge is -2.31. The highest BCUT2D eigenvalue weighted by atomic mass is 35.5. The fourth-order valence-corrected chi connectivity index (χ4v) is 4.38. The summed E-state index contributed by atoms with van der Waals surface area (Å²) in [4.78, 5) is 38.6. The van der Waals surface area contributed by atoms with Gasteiger partial charge in [-0.2, -0.15) is 0 Å². The quantitative estimate of drug-likeness (QED) is 0.690. The second-order valence-electron chi connectivity index (χ2n) is 6.57. The predicted molar refractivity (Wildman–Crippen MR) is 108 cm³/mol. The van der Waals surface area contributed by atoms with Crippen molar-refractivity contribution in [1.29, 1.82) is 0 Å².